The molecule has 0 bridgehead atoms. The molecule has 0 fully saturated rings. The zero-order valence-electron chi connectivity index (χ0n) is 5.36. The normalized spacial score (nSPS) is 12.7. The second-order valence-electron chi connectivity index (χ2n) is 1.64. The molecule has 0 amide bonds. The third-order valence-corrected chi connectivity index (χ3v) is 1.50. The number of carbonyl (C=O) groups excluding carboxylic acids is 1. The average molecular weight is 182 g/mol. The van der Waals surface area contributed by atoms with Gasteiger partial charge >= 0.3 is 5.97 Å². The number of esters is 1. The van der Waals surface area contributed by atoms with Gasteiger partial charge in [-0.2, -0.15) is 25.3 Å². The summed E-state index contributed by atoms with van der Waals surface area (Å²) in [6.07, 6.45) is -0.497. The van der Waals surface area contributed by atoms with E-state index in [1.54, 1.807) is 0 Å². The van der Waals surface area contributed by atoms with E-state index in [-0.39, 0.29) is 12.4 Å². The average Bonchev–Trinajstić information content (AvgIpc) is 1.99. The molecule has 0 spiro atoms. The van der Waals surface area contributed by atoms with Crippen molar-refractivity contribution in [2.45, 2.75) is 6.10 Å². The number of ether oxygens (including phenoxy) is 1. The highest BCUT2D eigenvalue weighted by molar-refractivity contribution is 7.81. The molecule has 0 saturated heterocycles. The third kappa shape index (κ3) is 4.03. The fraction of sp³-hybridized carbons (Fsp3) is 0.800. The first-order valence-corrected chi connectivity index (χ1v) is 4.03. The van der Waals surface area contributed by atoms with Crippen molar-refractivity contribution in [2.24, 2.45) is 0 Å². The van der Waals surface area contributed by atoms with Gasteiger partial charge in [0.15, 0.2) is 0 Å². The summed E-state index contributed by atoms with van der Waals surface area (Å²) < 4.78 is 4.66. The van der Waals surface area contributed by atoms with Gasteiger partial charge in [-0.25, -0.2) is 0 Å². The summed E-state index contributed by atoms with van der Waals surface area (Å²) in [4.78, 5) is 10.5. The summed E-state index contributed by atoms with van der Waals surface area (Å²) in [5.74, 6) is -0.0725. The predicted molar refractivity (Wildman–Crippen MR) is 44.7 cm³/mol. The van der Waals surface area contributed by atoms with Crippen molar-refractivity contribution >= 4 is 31.2 Å². The van der Waals surface area contributed by atoms with Crippen LogP contribution in [-0.2, 0) is 9.53 Å². The summed E-state index contributed by atoms with van der Waals surface area (Å²) in [7, 11) is 0. The van der Waals surface area contributed by atoms with Crippen molar-refractivity contribution in [2.75, 3.05) is 18.1 Å². The monoisotopic (exact) mass is 182 g/mol. The maximum absolute atomic E-state index is 10.5. The number of hydrogen-bond acceptors (Lipinski definition) is 5. The van der Waals surface area contributed by atoms with E-state index in [1.807, 2.05) is 0 Å². The van der Waals surface area contributed by atoms with Gasteiger partial charge in [0.2, 0.25) is 0 Å². The molecule has 1 unspecified atom stereocenters. The molecule has 0 aliphatic rings. The molecule has 0 aliphatic heterocycles. The highest BCUT2D eigenvalue weighted by atomic mass is 32.1. The second kappa shape index (κ2) is 5.88. The van der Waals surface area contributed by atoms with Gasteiger partial charge in [0.25, 0.3) is 0 Å². The number of aliphatic hydroxyl groups is 1. The fourth-order valence-electron chi connectivity index (χ4n) is 0.355. The van der Waals surface area contributed by atoms with Crippen molar-refractivity contribution < 1.29 is 14.6 Å². The zero-order valence-corrected chi connectivity index (χ0v) is 7.15. The van der Waals surface area contributed by atoms with Crippen LogP contribution in [0.4, 0.5) is 0 Å². The van der Waals surface area contributed by atoms with E-state index in [0.717, 1.165) is 0 Å². The molecule has 1 N–H and O–H groups in total. The first-order chi connectivity index (χ1) is 4.74. The Morgan fingerprint density at radius 3 is 2.50 bits per heavy atom. The molecule has 3 nitrogen and oxygen atoms in total. The number of aliphatic hydroxyl groups excluding tert-OH is 1. The van der Waals surface area contributed by atoms with Gasteiger partial charge in [0, 0.05) is 5.75 Å². The minimum absolute atomic E-state index is 0.0320. The molecule has 0 radical (unpaired) electrons. The van der Waals surface area contributed by atoms with Crippen LogP contribution >= 0.6 is 25.3 Å². The lowest BCUT2D eigenvalue weighted by molar-refractivity contribution is -0.146. The Kier molecular flexibility index (Phi) is 5.96. The molecule has 0 heterocycles. The Balaban J connectivity index is 3.52. The minimum Gasteiger partial charge on any atom is -0.458 e. The SMILES string of the molecule is O=C(CS)OC(CO)CS. The van der Waals surface area contributed by atoms with Gasteiger partial charge in [0.1, 0.15) is 6.10 Å². The van der Waals surface area contributed by atoms with Gasteiger partial charge in [-0.05, 0) is 0 Å². The van der Waals surface area contributed by atoms with E-state index in [0.29, 0.717) is 5.75 Å². The van der Waals surface area contributed by atoms with Crippen LogP contribution in [0.2, 0.25) is 0 Å². The topological polar surface area (TPSA) is 46.5 Å². The van der Waals surface area contributed by atoms with Crippen LogP contribution in [-0.4, -0.2) is 35.3 Å². The summed E-state index contributed by atoms with van der Waals surface area (Å²) in [5, 5.41) is 8.52. The Bertz CT molecular complexity index is 103. The lowest BCUT2D eigenvalue weighted by Gasteiger charge is -2.10. The molecule has 1 atom stereocenters. The summed E-state index contributed by atoms with van der Waals surface area (Å²) in [6.45, 7) is -0.191. The lowest BCUT2D eigenvalue weighted by Crippen LogP contribution is -2.24. The number of rotatable bonds is 4. The van der Waals surface area contributed by atoms with Gasteiger partial charge in [-0.1, -0.05) is 0 Å². The van der Waals surface area contributed by atoms with Gasteiger partial charge in [0.05, 0.1) is 12.4 Å². The first-order valence-electron chi connectivity index (χ1n) is 2.76. The van der Waals surface area contributed by atoms with Gasteiger partial charge in [-0.3, -0.25) is 4.79 Å². The number of thiol groups is 2. The van der Waals surface area contributed by atoms with Crippen molar-refractivity contribution in [1.82, 2.24) is 0 Å². The van der Waals surface area contributed by atoms with Crippen LogP contribution in [0.15, 0.2) is 0 Å². The van der Waals surface area contributed by atoms with E-state index < -0.39 is 12.1 Å². The second-order valence-corrected chi connectivity index (χ2v) is 2.32. The maximum Gasteiger partial charge on any atom is 0.316 e. The number of carbonyl (C=O) groups is 1. The number of hydrogen-bond donors (Lipinski definition) is 3. The van der Waals surface area contributed by atoms with Crippen molar-refractivity contribution in [3.63, 3.8) is 0 Å². The predicted octanol–water partition coefficient (Wildman–Crippen LogP) is -0.250. The Morgan fingerprint density at radius 2 is 2.20 bits per heavy atom. The molecule has 0 aromatic carbocycles. The van der Waals surface area contributed by atoms with Crippen LogP contribution in [0.1, 0.15) is 0 Å². The Hall–Kier alpha value is 0.130. The van der Waals surface area contributed by atoms with E-state index in [2.05, 4.69) is 30.0 Å². The van der Waals surface area contributed by atoms with Gasteiger partial charge < -0.3 is 9.84 Å². The third-order valence-electron chi connectivity index (χ3n) is 0.834. The van der Waals surface area contributed by atoms with Crippen LogP contribution in [0.25, 0.3) is 0 Å². The van der Waals surface area contributed by atoms with Crippen molar-refractivity contribution in [1.29, 1.82) is 0 Å². The molecule has 0 rings (SSSR count). The molecular weight excluding hydrogens is 172 g/mol. The molecule has 0 aliphatic carbocycles. The summed E-state index contributed by atoms with van der Waals surface area (Å²) in [5.41, 5.74) is 0. The molecule has 0 saturated carbocycles. The van der Waals surface area contributed by atoms with Crippen LogP contribution < -0.4 is 0 Å². The standard InChI is InChI=1S/C5H10O3S2/c6-1-4(2-9)8-5(7)3-10/h4,6,9-10H,1-3H2. The first kappa shape index (κ1) is 10.1. The molecule has 5 heteroatoms. The van der Waals surface area contributed by atoms with Crippen LogP contribution in [0.3, 0.4) is 0 Å². The zero-order chi connectivity index (χ0) is 7.98. The summed E-state index contributed by atoms with van der Waals surface area (Å²) >= 11 is 7.53. The van der Waals surface area contributed by atoms with Crippen LogP contribution in [0.5, 0.6) is 0 Å². The Morgan fingerprint density at radius 1 is 1.60 bits per heavy atom. The highest BCUT2D eigenvalue weighted by Gasteiger charge is 2.09. The Labute approximate surface area is 70.6 Å². The van der Waals surface area contributed by atoms with Gasteiger partial charge in [-0.15, -0.1) is 0 Å². The van der Waals surface area contributed by atoms with Crippen LogP contribution in [0, 0.1) is 0 Å². The molecule has 60 valence electrons. The van der Waals surface area contributed by atoms with Crippen molar-refractivity contribution in [3.05, 3.63) is 0 Å². The molecule has 10 heavy (non-hydrogen) atoms. The van der Waals surface area contributed by atoms with E-state index in [9.17, 15) is 4.79 Å². The van der Waals surface area contributed by atoms with E-state index >= 15 is 0 Å². The largest absolute Gasteiger partial charge is 0.458 e. The highest BCUT2D eigenvalue weighted by Crippen LogP contribution is 1.95. The quantitative estimate of drug-likeness (QED) is 0.415. The molecular formula is C5H10O3S2. The van der Waals surface area contributed by atoms with E-state index in [1.165, 1.54) is 0 Å². The fourth-order valence-corrected chi connectivity index (χ4v) is 0.620. The lowest BCUT2D eigenvalue weighted by atomic mass is 10.4. The van der Waals surface area contributed by atoms with Crippen molar-refractivity contribution in [3.8, 4) is 0 Å². The maximum atomic E-state index is 10.5. The minimum atomic E-state index is -0.497. The molecule has 0 aromatic heterocycles. The molecule has 0 aromatic rings. The summed E-state index contributed by atoms with van der Waals surface area (Å²) in [6, 6.07) is 0. The van der Waals surface area contributed by atoms with E-state index in [4.69, 9.17) is 5.11 Å². The smallest absolute Gasteiger partial charge is 0.316 e.